The molecule has 0 atom stereocenters. The number of thioether (sulfide) groups is 1. The maximum absolute atomic E-state index is 13.3. The number of ketones is 1. The van der Waals surface area contributed by atoms with E-state index in [1.165, 1.54) is 13.2 Å². The van der Waals surface area contributed by atoms with Gasteiger partial charge in [0.2, 0.25) is 5.88 Å². The summed E-state index contributed by atoms with van der Waals surface area (Å²) in [6.45, 7) is 2.74. The number of carbonyl (C=O) groups is 2. The average Bonchev–Trinajstić information content (AvgIpc) is 3.42. The van der Waals surface area contributed by atoms with E-state index in [-0.39, 0.29) is 27.6 Å². The van der Waals surface area contributed by atoms with Gasteiger partial charge in [0.15, 0.2) is 5.78 Å². The Labute approximate surface area is 210 Å². The fraction of sp³-hybridized carbons (Fsp3) is 0.160. The zero-order valence-corrected chi connectivity index (χ0v) is 20.4. The van der Waals surface area contributed by atoms with Crippen LogP contribution in [0.1, 0.15) is 38.4 Å². The molecule has 1 saturated heterocycles. The Morgan fingerprint density at radius 3 is 2.57 bits per heavy atom. The largest absolute Gasteiger partial charge is 0.494 e. The third kappa shape index (κ3) is 4.69. The first-order valence-electron chi connectivity index (χ1n) is 10.4. The average molecular weight is 506 g/mol. The number of rotatable bonds is 6. The number of amides is 1. The van der Waals surface area contributed by atoms with Crippen LogP contribution in [0.2, 0.25) is 0 Å². The molecule has 1 aliphatic heterocycles. The highest BCUT2D eigenvalue weighted by molar-refractivity contribution is 8.26. The molecule has 0 radical (unpaired) electrons. The number of aromatic nitrogens is 1. The SMILES string of the molecule is Cc1ccc(/C=C2\SC(=S)N(CC(=O)c3c(C)c(C#N)c(=O)n(Cc4ccco4)c3O)C2=O)cc1. The van der Waals surface area contributed by atoms with Crippen LogP contribution >= 0.6 is 24.0 Å². The molecule has 0 spiro atoms. The molecule has 10 heteroatoms. The zero-order chi connectivity index (χ0) is 25.3. The van der Waals surface area contributed by atoms with E-state index in [1.807, 2.05) is 37.3 Å². The van der Waals surface area contributed by atoms with Gasteiger partial charge in [0.05, 0.1) is 29.8 Å². The summed E-state index contributed by atoms with van der Waals surface area (Å²) < 4.78 is 6.34. The van der Waals surface area contributed by atoms with Crippen LogP contribution in [-0.2, 0) is 11.3 Å². The summed E-state index contributed by atoms with van der Waals surface area (Å²) in [7, 11) is 0. The van der Waals surface area contributed by atoms with Crippen LogP contribution in [0.25, 0.3) is 6.08 Å². The number of pyridine rings is 1. The number of aromatic hydroxyl groups is 1. The number of hydrogen-bond donors (Lipinski definition) is 1. The summed E-state index contributed by atoms with van der Waals surface area (Å²) in [6, 6.07) is 12.6. The molecule has 8 nitrogen and oxygen atoms in total. The number of aryl methyl sites for hydroxylation is 1. The van der Waals surface area contributed by atoms with Crippen LogP contribution in [0.4, 0.5) is 0 Å². The Bertz CT molecular complexity index is 1480. The normalized spacial score (nSPS) is 14.5. The molecule has 176 valence electrons. The molecular weight excluding hydrogens is 486 g/mol. The van der Waals surface area contributed by atoms with Crippen LogP contribution in [0, 0.1) is 25.2 Å². The first-order valence-corrected chi connectivity index (χ1v) is 11.7. The van der Waals surface area contributed by atoms with Gasteiger partial charge in [0, 0.05) is 0 Å². The molecule has 1 aromatic carbocycles. The van der Waals surface area contributed by atoms with Crippen molar-refractivity contribution < 1.29 is 19.1 Å². The lowest BCUT2D eigenvalue weighted by Gasteiger charge is -2.18. The molecule has 3 heterocycles. The summed E-state index contributed by atoms with van der Waals surface area (Å²) in [5.41, 5.74) is 0.699. The van der Waals surface area contributed by atoms with Crippen LogP contribution in [0.3, 0.4) is 0 Å². The molecule has 0 saturated carbocycles. The standard InChI is InChI=1S/C25H19N3O5S2/c1-14-5-7-16(8-6-14)10-20-23(31)28(25(34)35-20)13-19(29)21-15(2)18(11-26)22(30)27(24(21)32)12-17-4-3-9-33-17/h3-10,32H,12-13H2,1-2H3/b20-10-. The Morgan fingerprint density at radius 2 is 1.94 bits per heavy atom. The number of nitrogens with zero attached hydrogens (tertiary/aromatic N) is 3. The smallest absolute Gasteiger partial charge is 0.271 e. The van der Waals surface area contributed by atoms with Gasteiger partial charge >= 0.3 is 0 Å². The van der Waals surface area contributed by atoms with Crippen molar-refractivity contribution in [3.8, 4) is 11.9 Å². The van der Waals surface area contributed by atoms with Gasteiger partial charge in [-0.3, -0.25) is 23.9 Å². The van der Waals surface area contributed by atoms with E-state index in [1.54, 1.807) is 18.2 Å². The zero-order valence-electron chi connectivity index (χ0n) is 18.8. The fourth-order valence-corrected chi connectivity index (χ4v) is 4.92. The number of hydrogen-bond acceptors (Lipinski definition) is 8. The second-order valence-corrected chi connectivity index (χ2v) is 9.56. The molecule has 1 fully saturated rings. The highest BCUT2D eigenvalue weighted by atomic mass is 32.2. The van der Waals surface area contributed by atoms with E-state index in [2.05, 4.69) is 0 Å². The molecular formula is C25H19N3O5S2. The van der Waals surface area contributed by atoms with Gasteiger partial charge in [-0.15, -0.1) is 0 Å². The van der Waals surface area contributed by atoms with E-state index >= 15 is 0 Å². The number of furan rings is 1. The molecule has 35 heavy (non-hydrogen) atoms. The topological polar surface area (TPSA) is 117 Å². The Balaban J connectivity index is 1.66. The molecule has 0 bridgehead atoms. The summed E-state index contributed by atoms with van der Waals surface area (Å²) in [5, 5.41) is 20.4. The highest BCUT2D eigenvalue weighted by Crippen LogP contribution is 2.33. The Morgan fingerprint density at radius 1 is 1.23 bits per heavy atom. The van der Waals surface area contributed by atoms with Crippen LogP contribution in [0.5, 0.6) is 5.88 Å². The summed E-state index contributed by atoms with van der Waals surface area (Å²) in [4.78, 5) is 40.6. The minimum Gasteiger partial charge on any atom is -0.494 e. The van der Waals surface area contributed by atoms with Crippen molar-refractivity contribution in [2.45, 2.75) is 20.4 Å². The summed E-state index contributed by atoms with van der Waals surface area (Å²) in [5.74, 6) is -1.34. The Hall–Kier alpha value is -3.94. The van der Waals surface area contributed by atoms with Gasteiger partial charge in [-0.25, -0.2) is 0 Å². The van der Waals surface area contributed by atoms with Gasteiger partial charge in [-0.2, -0.15) is 5.26 Å². The van der Waals surface area contributed by atoms with E-state index in [4.69, 9.17) is 16.6 Å². The van der Waals surface area contributed by atoms with Crippen LogP contribution < -0.4 is 5.56 Å². The third-order valence-corrected chi connectivity index (χ3v) is 6.90. The Kier molecular flexibility index (Phi) is 6.73. The lowest BCUT2D eigenvalue weighted by atomic mass is 10.0. The maximum Gasteiger partial charge on any atom is 0.271 e. The van der Waals surface area contributed by atoms with Crippen molar-refractivity contribution in [3.63, 3.8) is 0 Å². The van der Waals surface area contributed by atoms with E-state index in [0.29, 0.717) is 10.7 Å². The third-order valence-electron chi connectivity index (χ3n) is 5.52. The molecule has 0 aliphatic carbocycles. The minimum absolute atomic E-state index is 0.0383. The molecule has 0 unspecified atom stereocenters. The van der Waals surface area contributed by atoms with Gasteiger partial charge < -0.3 is 9.52 Å². The van der Waals surface area contributed by atoms with Gasteiger partial charge in [-0.1, -0.05) is 53.8 Å². The van der Waals surface area contributed by atoms with Crippen LogP contribution in [0.15, 0.2) is 56.8 Å². The molecule has 1 N–H and O–H groups in total. The minimum atomic E-state index is -0.748. The van der Waals surface area contributed by atoms with Crippen molar-refractivity contribution in [2.75, 3.05) is 6.54 Å². The van der Waals surface area contributed by atoms with Crippen molar-refractivity contribution in [1.82, 2.24) is 9.47 Å². The molecule has 4 rings (SSSR count). The quantitative estimate of drug-likeness (QED) is 0.306. The van der Waals surface area contributed by atoms with Crippen molar-refractivity contribution in [2.24, 2.45) is 0 Å². The van der Waals surface area contributed by atoms with Crippen molar-refractivity contribution >= 4 is 46.1 Å². The van der Waals surface area contributed by atoms with Crippen LogP contribution in [-0.4, -0.2) is 37.1 Å². The highest BCUT2D eigenvalue weighted by Gasteiger charge is 2.35. The number of thiocarbonyl (C=S) groups is 1. The number of carbonyl (C=O) groups excluding carboxylic acids is 2. The molecule has 1 aliphatic rings. The predicted molar refractivity (Wildman–Crippen MR) is 135 cm³/mol. The second kappa shape index (κ2) is 9.74. The van der Waals surface area contributed by atoms with E-state index in [9.17, 15) is 24.8 Å². The van der Waals surface area contributed by atoms with E-state index < -0.39 is 29.7 Å². The number of Topliss-reactive ketones (excluding diaryl/α,β-unsaturated/α-hetero) is 1. The lowest BCUT2D eigenvalue weighted by molar-refractivity contribution is -0.121. The molecule has 3 aromatic rings. The molecule has 2 aromatic heterocycles. The van der Waals surface area contributed by atoms with Gasteiger partial charge in [-0.05, 0) is 43.2 Å². The first kappa shape index (κ1) is 24.2. The summed E-state index contributed by atoms with van der Waals surface area (Å²) >= 11 is 6.41. The fourth-order valence-electron chi connectivity index (χ4n) is 3.66. The predicted octanol–water partition coefficient (Wildman–Crippen LogP) is 3.77. The molecule has 1 amide bonds. The van der Waals surface area contributed by atoms with Crippen molar-refractivity contribution in [1.29, 1.82) is 5.26 Å². The number of benzene rings is 1. The monoisotopic (exact) mass is 505 g/mol. The van der Waals surface area contributed by atoms with Crippen molar-refractivity contribution in [3.05, 3.63) is 91.5 Å². The summed E-state index contributed by atoms with van der Waals surface area (Å²) in [6.07, 6.45) is 3.10. The first-order chi connectivity index (χ1) is 16.7. The maximum atomic E-state index is 13.3. The van der Waals surface area contributed by atoms with Gasteiger partial charge in [0.1, 0.15) is 21.7 Å². The van der Waals surface area contributed by atoms with Gasteiger partial charge in [0.25, 0.3) is 11.5 Å². The second-order valence-electron chi connectivity index (χ2n) is 7.88. The van der Waals surface area contributed by atoms with E-state index in [0.717, 1.165) is 32.4 Å². The lowest BCUT2D eigenvalue weighted by Crippen LogP contribution is -2.35. The number of nitriles is 1.